The molecule has 2 amide bonds. The largest absolute Gasteiger partial charge is 0.443 e. The van der Waals surface area contributed by atoms with Crippen LogP contribution >= 0.6 is 15.9 Å². The minimum atomic E-state index is -4.58. The van der Waals surface area contributed by atoms with Crippen molar-refractivity contribution in [2.24, 2.45) is 4.99 Å². The summed E-state index contributed by atoms with van der Waals surface area (Å²) in [7, 11) is -9.01. The van der Waals surface area contributed by atoms with Gasteiger partial charge in [0.05, 0.1) is 16.2 Å². The summed E-state index contributed by atoms with van der Waals surface area (Å²) in [6.45, 7) is 8.37. The van der Waals surface area contributed by atoms with Gasteiger partial charge in [-0.05, 0) is 86.0 Å². The SMILES string of the molecule is CC(C)(C)OC(=O)NS(=O)(=O)NN1CC(N(CCNc2nonc2C(=Nc2ccc(F)c(Br)c2)NO)S(=O)(=O)NC(=O)OC(C)(C)C)C1. The molecule has 1 aliphatic rings. The average Bonchev–Trinajstić information content (AvgIpc) is 3.34. The number of rotatable bonds is 12. The van der Waals surface area contributed by atoms with E-state index in [2.05, 4.69) is 41.4 Å². The van der Waals surface area contributed by atoms with E-state index in [1.807, 2.05) is 10.2 Å². The zero-order valence-electron chi connectivity index (χ0n) is 26.6. The molecule has 1 aromatic heterocycles. The fourth-order valence-electron chi connectivity index (χ4n) is 3.83. The fourth-order valence-corrected chi connectivity index (χ4v) is 6.22. The molecular formula is C24H36BrFN10O10S2. The number of benzene rings is 1. The first-order chi connectivity index (χ1) is 22.1. The predicted octanol–water partition coefficient (Wildman–Crippen LogP) is 1.47. The number of ether oxygens (including phenoxy) is 2. The average molecular weight is 788 g/mol. The smallest absolute Gasteiger partial charge is 0.422 e. The van der Waals surface area contributed by atoms with Gasteiger partial charge in [-0.15, -0.1) is 4.83 Å². The summed E-state index contributed by atoms with van der Waals surface area (Å²) >= 11 is 3.04. The monoisotopic (exact) mass is 786 g/mol. The molecule has 1 aliphatic heterocycles. The van der Waals surface area contributed by atoms with Crippen LogP contribution in [0.3, 0.4) is 0 Å². The number of carbonyl (C=O) groups is 2. The Bertz CT molecular complexity index is 1720. The van der Waals surface area contributed by atoms with Crippen molar-refractivity contribution in [3.63, 3.8) is 0 Å². The molecule has 0 saturated carbocycles. The summed E-state index contributed by atoms with van der Waals surface area (Å²) < 4.78 is 84.3. The number of amides is 2. The zero-order chi connectivity index (χ0) is 36.1. The molecule has 0 radical (unpaired) electrons. The lowest BCUT2D eigenvalue weighted by Gasteiger charge is -2.43. The maximum atomic E-state index is 13.6. The summed E-state index contributed by atoms with van der Waals surface area (Å²) in [6.07, 6.45) is -2.47. The summed E-state index contributed by atoms with van der Waals surface area (Å²) in [4.78, 5) is 30.5. The van der Waals surface area contributed by atoms with Crippen LogP contribution in [0.4, 0.5) is 25.5 Å². The number of hydrazine groups is 1. The molecule has 1 aromatic carbocycles. The van der Waals surface area contributed by atoms with Crippen molar-refractivity contribution in [1.29, 1.82) is 0 Å². The van der Waals surface area contributed by atoms with E-state index < -0.39 is 55.7 Å². The molecule has 0 bridgehead atoms. The molecule has 0 spiro atoms. The number of aromatic nitrogens is 2. The lowest BCUT2D eigenvalue weighted by Crippen LogP contribution is -2.68. The first-order valence-electron chi connectivity index (χ1n) is 13.9. The molecule has 24 heteroatoms. The molecule has 2 aromatic rings. The predicted molar refractivity (Wildman–Crippen MR) is 170 cm³/mol. The Balaban J connectivity index is 1.73. The number of nitrogens with one attached hydrogen (secondary N) is 5. The third-order valence-corrected chi connectivity index (χ3v) is 8.71. The normalized spacial score (nSPS) is 15.1. The number of nitrogens with zero attached hydrogens (tertiary/aromatic N) is 5. The van der Waals surface area contributed by atoms with E-state index in [1.165, 1.54) is 12.1 Å². The van der Waals surface area contributed by atoms with Crippen LogP contribution in [-0.2, 0) is 29.9 Å². The molecular weight excluding hydrogens is 751 g/mol. The van der Waals surface area contributed by atoms with Gasteiger partial charge >= 0.3 is 32.6 Å². The molecule has 2 heterocycles. The van der Waals surface area contributed by atoms with Gasteiger partial charge in [0, 0.05) is 26.2 Å². The van der Waals surface area contributed by atoms with E-state index in [4.69, 9.17) is 14.1 Å². The van der Waals surface area contributed by atoms with Gasteiger partial charge in [0.1, 0.15) is 17.0 Å². The number of carbonyl (C=O) groups excluding carboxylic acids is 2. The summed E-state index contributed by atoms with van der Waals surface area (Å²) in [5.41, 5.74) is -0.0376. The van der Waals surface area contributed by atoms with Gasteiger partial charge < -0.3 is 14.8 Å². The highest BCUT2D eigenvalue weighted by Crippen LogP contribution is 2.24. The highest BCUT2D eigenvalue weighted by atomic mass is 79.9. The number of halogens is 2. The van der Waals surface area contributed by atoms with Gasteiger partial charge in [-0.25, -0.2) is 38.1 Å². The maximum Gasteiger partial charge on any atom is 0.422 e. The first-order valence-corrected chi connectivity index (χ1v) is 17.6. The van der Waals surface area contributed by atoms with Crippen molar-refractivity contribution in [3.8, 4) is 0 Å². The highest BCUT2D eigenvalue weighted by Gasteiger charge is 2.41. The van der Waals surface area contributed by atoms with Gasteiger partial charge in [0.25, 0.3) is 0 Å². The molecule has 1 fully saturated rings. The number of amidine groups is 1. The molecule has 268 valence electrons. The molecule has 0 unspecified atom stereocenters. The third-order valence-electron chi connectivity index (χ3n) is 5.64. The van der Waals surface area contributed by atoms with Crippen molar-refractivity contribution < 1.29 is 50.1 Å². The molecule has 0 aliphatic carbocycles. The van der Waals surface area contributed by atoms with Gasteiger partial charge in [-0.1, -0.05) is 0 Å². The van der Waals surface area contributed by atoms with Crippen LogP contribution in [0, 0.1) is 5.82 Å². The van der Waals surface area contributed by atoms with Crippen LogP contribution < -0.4 is 25.1 Å². The van der Waals surface area contributed by atoms with E-state index in [9.17, 15) is 36.0 Å². The number of aliphatic imine (C=N–C) groups is 1. The van der Waals surface area contributed by atoms with E-state index >= 15 is 0 Å². The quantitative estimate of drug-likeness (QED) is 0.101. The second-order valence-electron chi connectivity index (χ2n) is 12.0. The molecule has 20 nitrogen and oxygen atoms in total. The third kappa shape index (κ3) is 11.8. The minimum Gasteiger partial charge on any atom is -0.443 e. The Hall–Kier alpha value is -3.68. The topological polar surface area (TPSA) is 259 Å². The van der Waals surface area contributed by atoms with Gasteiger partial charge in [-0.3, -0.25) is 10.7 Å². The van der Waals surface area contributed by atoms with Crippen LogP contribution in [0.2, 0.25) is 0 Å². The lowest BCUT2D eigenvalue weighted by molar-refractivity contribution is 0.0514. The van der Waals surface area contributed by atoms with Crippen molar-refractivity contribution >= 4 is 65.9 Å². The van der Waals surface area contributed by atoms with E-state index in [0.717, 1.165) is 15.4 Å². The maximum absolute atomic E-state index is 13.6. The van der Waals surface area contributed by atoms with E-state index in [1.54, 1.807) is 46.3 Å². The summed E-state index contributed by atoms with van der Waals surface area (Å²) in [5, 5.41) is 21.0. The van der Waals surface area contributed by atoms with Gasteiger partial charge in [-0.2, -0.15) is 21.1 Å². The number of hydrogen-bond acceptors (Lipinski definition) is 15. The molecule has 1 saturated heterocycles. The second-order valence-corrected chi connectivity index (χ2v) is 15.9. The Morgan fingerprint density at radius 1 is 1.08 bits per heavy atom. The molecule has 3 rings (SSSR count). The van der Waals surface area contributed by atoms with Crippen LogP contribution in [0.5, 0.6) is 0 Å². The molecule has 48 heavy (non-hydrogen) atoms. The minimum absolute atomic E-state index is 0.0786. The van der Waals surface area contributed by atoms with Crippen LogP contribution in [0.1, 0.15) is 47.2 Å². The standard InChI is InChI=1S/C24H36BrFN10O10S2/c1-23(2,3)44-21(37)32-47(40,41)34-35-12-15(13-35)36(48(42,43)33-22(38)45-24(4,5)6)10-9-27-19-18(30-46-31-19)20(29-39)28-14-7-8-17(26)16(25)11-14/h7-8,11,15,34,39H,9-10,12-13H2,1-6H3,(H,27,31)(H,28,29)(H,32,37)(H,33,38). The van der Waals surface area contributed by atoms with Crippen molar-refractivity contribution in [2.75, 3.05) is 31.5 Å². The van der Waals surface area contributed by atoms with Gasteiger partial charge in [0.15, 0.2) is 11.5 Å². The highest BCUT2D eigenvalue weighted by molar-refractivity contribution is 9.10. The molecule has 6 N–H and O–H groups in total. The van der Waals surface area contributed by atoms with Crippen molar-refractivity contribution in [1.82, 2.24) is 39.4 Å². The first kappa shape index (κ1) is 38.8. The van der Waals surface area contributed by atoms with Crippen LogP contribution in [0.15, 0.2) is 32.3 Å². The summed E-state index contributed by atoms with van der Waals surface area (Å²) in [5.74, 6) is -0.872. The Morgan fingerprint density at radius 2 is 1.69 bits per heavy atom. The number of hydrogen-bond donors (Lipinski definition) is 6. The molecule has 0 atom stereocenters. The number of hydroxylamine groups is 1. The van der Waals surface area contributed by atoms with Gasteiger partial charge in [0.2, 0.25) is 5.82 Å². The van der Waals surface area contributed by atoms with E-state index in [0.29, 0.717) is 0 Å². The van der Waals surface area contributed by atoms with Crippen LogP contribution in [-0.4, -0.2) is 103 Å². The van der Waals surface area contributed by atoms with E-state index in [-0.39, 0.29) is 53.7 Å². The van der Waals surface area contributed by atoms with Crippen LogP contribution in [0.25, 0.3) is 0 Å². The van der Waals surface area contributed by atoms with Crippen molar-refractivity contribution in [3.05, 3.63) is 34.2 Å². The summed E-state index contributed by atoms with van der Waals surface area (Å²) in [6, 6.07) is 2.93. The van der Waals surface area contributed by atoms with Crippen molar-refractivity contribution in [2.45, 2.75) is 58.8 Å². The second kappa shape index (κ2) is 15.3. The Labute approximate surface area is 284 Å². The number of anilines is 1. The zero-order valence-corrected chi connectivity index (χ0v) is 29.8. The fraction of sp³-hybridized carbons (Fsp3) is 0.542. The Morgan fingerprint density at radius 3 is 2.25 bits per heavy atom. The Kier molecular flexibility index (Phi) is 12.3. The lowest BCUT2D eigenvalue weighted by atomic mass is 10.1.